The van der Waals surface area contributed by atoms with Crippen LogP contribution in [0.4, 0.5) is 0 Å². The molecule has 0 unspecified atom stereocenters. The first kappa shape index (κ1) is 14.3. The fourth-order valence-electron chi connectivity index (χ4n) is 3.54. The third-order valence-corrected chi connectivity index (χ3v) is 4.83. The standard InChI is InChI=1S/C15H29NO2/c1-14(2)5-3-4-13(10-14)11-16-15(12-17)6-8-18-9-7-15/h13,16-17H,3-12H2,1-2H3/t13-/m1/s1. The minimum Gasteiger partial charge on any atom is -0.394 e. The molecule has 2 N–H and O–H groups in total. The molecule has 1 saturated carbocycles. The normalized spacial score (nSPS) is 31.2. The van der Waals surface area contributed by atoms with Crippen molar-refractivity contribution in [1.82, 2.24) is 5.32 Å². The van der Waals surface area contributed by atoms with E-state index in [1.165, 1.54) is 25.7 Å². The highest BCUT2D eigenvalue weighted by molar-refractivity contribution is 4.91. The molecule has 1 heterocycles. The number of rotatable bonds is 4. The van der Waals surface area contributed by atoms with Gasteiger partial charge in [0.15, 0.2) is 0 Å². The zero-order chi connectivity index (χ0) is 13.1. The lowest BCUT2D eigenvalue weighted by Gasteiger charge is -2.40. The number of aliphatic hydroxyl groups excluding tert-OH is 1. The van der Waals surface area contributed by atoms with Gasteiger partial charge in [-0.3, -0.25) is 0 Å². The van der Waals surface area contributed by atoms with Crippen molar-refractivity contribution in [1.29, 1.82) is 0 Å². The van der Waals surface area contributed by atoms with Crippen LogP contribution in [0, 0.1) is 11.3 Å². The van der Waals surface area contributed by atoms with Crippen molar-refractivity contribution in [3.05, 3.63) is 0 Å². The van der Waals surface area contributed by atoms with E-state index in [2.05, 4.69) is 19.2 Å². The molecule has 0 aromatic carbocycles. The molecule has 1 aliphatic carbocycles. The highest BCUT2D eigenvalue weighted by Crippen LogP contribution is 2.38. The minimum atomic E-state index is -0.0696. The molecule has 0 amide bonds. The van der Waals surface area contributed by atoms with Gasteiger partial charge in [-0.2, -0.15) is 0 Å². The van der Waals surface area contributed by atoms with Crippen LogP contribution >= 0.6 is 0 Å². The average Bonchev–Trinajstić information content (AvgIpc) is 2.36. The van der Waals surface area contributed by atoms with Gasteiger partial charge in [0, 0.05) is 18.8 Å². The lowest BCUT2D eigenvalue weighted by Crippen LogP contribution is -2.54. The Morgan fingerprint density at radius 1 is 1.22 bits per heavy atom. The molecule has 0 spiro atoms. The predicted molar refractivity (Wildman–Crippen MR) is 73.6 cm³/mol. The third kappa shape index (κ3) is 3.69. The summed E-state index contributed by atoms with van der Waals surface area (Å²) in [7, 11) is 0. The van der Waals surface area contributed by atoms with Crippen molar-refractivity contribution in [2.24, 2.45) is 11.3 Å². The van der Waals surface area contributed by atoms with Gasteiger partial charge in [0.05, 0.1) is 6.61 Å². The maximum absolute atomic E-state index is 9.66. The van der Waals surface area contributed by atoms with E-state index in [1.807, 2.05) is 0 Å². The van der Waals surface area contributed by atoms with Crippen LogP contribution in [-0.4, -0.2) is 37.0 Å². The maximum atomic E-state index is 9.66. The molecule has 3 nitrogen and oxygen atoms in total. The van der Waals surface area contributed by atoms with E-state index in [0.717, 1.165) is 38.5 Å². The van der Waals surface area contributed by atoms with Crippen LogP contribution in [-0.2, 0) is 4.74 Å². The molecule has 0 aromatic rings. The van der Waals surface area contributed by atoms with E-state index < -0.39 is 0 Å². The quantitative estimate of drug-likeness (QED) is 0.810. The smallest absolute Gasteiger partial charge is 0.0615 e. The van der Waals surface area contributed by atoms with Crippen LogP contribution in [0.5, 0.6) is 0 Å². The molecule has 0 bridgehead atoms. The molecular weight excluding hydrogens is 226 g/mol. The van der Waals surface area contributed by atoms with Crippen molar-refractivity contribution in [2.45, 2.75) is 57.9 Å². The van der Waals surface area contributed by atoms with Gasteiger partial charge in [-0.15, -0.1) is 0 Å². The van der Waals surface area contributed by atoms with Crippen LogP contribution in [0.1, 0.15) is 52.4 Å². The zero-order valence-electron chi connectivity index (χ0n) is 12.0. The van der Waals surface area contributed by atoms with Gasteiger partial charge in [-0.25, -0.2) is 0 Å². The Balaban J connectivity index is 1.82. The fraction of sp³-hybridized carbons (Fsp3) is 1.00. The Bertz CT molecular complexity index is 259. The molecule has 2 fully saturated rings. The molecule has 0 aromatic heterocycles. The van der Waals surface area contributed by atoms with Gasteiger partial charge in [-0.1, -0.05) is 20.3 Å². The Morgan fingerprint density at radius 2 is 1.94 bits per heavy atom. The Morgan fingerprint density at radius 3 is 2.56 bits per heavy atom. The second-order valence-corrected chi connectivity index (χ2v) is 7.06. The fourth-order valence-corrected chi connectivity index (χ4v) is 3.54. The summed E-state index contributed by atoms with van der Waals surface area (Å²) in [6.07, 6.45) is 7.27. The molecule has 3 heteroatoms. The van der Waals surface area contributed by atoms with Crippen LogP contribution in [0.25, 0.3) is 0 Å². The Kier molecular flexibility index (Phi) is 4.68. The van der Waals surface area contributed by atoms with E-state index in [4.69, 9.17) is 4.74 Å². The van der Waals surface area contributed by atoms with Gasteiger partial charge in [0.2, 0.25) is 0 Å². The van der Waals surface area contributed by atoms with Crippen molar-refractivity contribution >= 4 is 0 Å². The number of aliphatic hydroxyl groups is 1. The lowest BCUT2D eigenvalue weighted by atomic mass is 9.72. The first-order valence-corrected chi connectivity index (χ1v) is 7.49. The summed E-state index contributed by atoms with van der Waals surface area (Å²) >= 11 is 0. The summed E-state index contributed by atoms with van der Waals surface area (Å²) in [4.78, 5) is 0. The van der Waals surface area contributed by atoms with Crippen molar-refractivity contribution in [2.75, 3.05) is 26.4 Å². The van der Waals surface area contributed by atoms with Crippen LogP contribution in [0.3, 0.4) is 0 Å². The first-order chi connectivity index (χ1) is 8.55. The van der Waals surface area contributed by atoms with Gasteiger partial charge < -0.3 is 15.2 Å². The van der Waals surface area contributed by atoms with Crippen molar-refractivity contribution in [3.63, 3.8) is 0 Å². The SMILES string of the molecule is CC1(C)CCC[C@@H](CNC2(CO)CCOCC2)C1. The van der Waals surface area contributed by atoms with Gasteiger partial charge in [0.25, 0.3) is 0 Å². The third-order valence-electron chi connectivity index (χ3n) is 4.83. The number of nitrogens with one attached hydrogen (secondary N) is 1. The van der Waals surface area contributed by atoms with E-state index in [0.29, 0.717) is 5.41 Å². The van der Waals surface area contributed by atoms with Gasteiger partial charge in [0.1, 0.15) is 0 Å². The van der Waals surface area contributed by atoms with Crippen LogP contribution in [0.15, 0.2) is 0 Å². The summed E-state index contributed by atoms with van der Waals surface area (Å²) in [5.41, 5.74) is 0.437. The molecule has 1 saturated heterocycles. The topological polar surface area (TPSA) is 41.5 Å². The number of hydrogen-bond acceptors (Lipinski definition) is 3. The highest BCUT2D eigenvalue weighted by atomic mass is 16.5. The molecule has 18 heavy (non-hydrogen) atoms. The average molecular weight is 255 g/mol. The predicted octanol–water partition coefficient (Wildman–Crippen LogP) is 2.33. The summed E-state index contributed by atoms with van der Waals surface area (Å²) < 4.78 is 5.40. The lowest BCUT2D eigenvalue weighted by molar-refractivity contribution is 0.00821. The Labute approximate surface area is 111 Å². The molecular formula is C15H29NO2. The van der Waals surface area contributed by atoms with Crippen molar-refractivity contribution in [3.8, 4) is 0 Å². The van der Waals surface area contributed by atoms with Gasteiger partial charge in [-0.05, 0) is 50.0 Å². The number of hydrogen-bond donors (Lipinski definition) is 2. The molecule has 2 aliphatic rings. The van der Waals surface area contributed by atoms with Crippen LogP contribution < -0.4 is 5.32 Å². The minimum absolute atomic E-state index is 0.0696. The molecule has 1 atom stereocenters. The molecule has 0 radical (unpaired) electrons. The summed E-state index contributed by atoms with van der Waals surface area (Å²) in [5.74, 6) is 0.778. The van der Waals surface area contributed by atoms with E-state index >= 15 is 0 Å². The summed E-state index contributed by atoms with van der Waals surface area (Å²) in [5, 5.41) is 13.3. The summed E-state index contributed by atoms with van der Waals surface area (Å²) in [6.45, 7) is 7.63. The highest BCUT2D eigenvalue weighted by Gasteiger charge is 2.34. The molecule has 1 aliphatic heterocycles. The second-order valence-electron chi connectivity index (χ2n) is 7.06. The zero-order valence-corrected chi connectivity index (χ0v) is 12.0. The Hall–Kier alpha value is -0.120. The second kappa shape index (κ2) is 5.89. The van der Waals surface area contributed by atoms with E-state index in [9.17, 15) is 5.11 Å². The van der Waals surface area contributed by atoms with Crippen molar-refractivity contribution < 1.29 is 9.84 Å². The summed E-state index contributed by atoms with van der Waals surface area (Å²) in [6, 6.07) is 0. The monoisotopic (exact) mass is 255 g/mol. The van der Waals surface area contributed by atoms with Gasteiger partial charge >= 0.3 is 0 Å². The molecule has 106 valence electrons. The molecule has 2 rings (SSSR count). The van der Waals surface area contributed by atoms with E-state index in [-0.39, 0.29) is 12.1 Å². The maximum Gasteiger partial charge on any atom is 0.0615 e. The van der Waals surface area contributed by atoms with E-state index in [1.54, 1.807) is 0 Å². The first-order valence-electron chi connectivity index (χ1n) is 7.49. The van der Waals surface area contributed by atoms with Crippen LogP contribution in [0.2, 0.25) is 0 Å². The number of ether oxygens (including phenoxy) is 1. The largest absolute Gasteiger partial charge is 0.394 e.